The van der Waals surface area contributed by atoms with Gasteiger partial charge in [0.1, 0.15) is 5.56 Å². The number of anilines is 1. The average molecular weight is 280 g/mol. The van der Waals surface area contributed by atoms with E-state index in [0.29, 0.717) is 12.5 Å². The van der Waals surface area contributed by atoms with E-state index in [1.54, 1.807) is 0 Å². The first-order valence-corrected chi connectivity index (χ1v) is 7.15. The molecule has 1 N–H and O–H groups in total. The first-order valence-electron chi connectivity index (χ1n) is 7.15. The molecule has 0 spiro atoms. The molecule has 0 aromatic carbocycles. The zero-order valence-electron chi connectivity index (χ0n) is 12.0. The highest BCUT2D eigenvalue weighted by molar-refractivity contribution is 5.88. The third kappa shape index (κ3) is 3.08. The number of hydrogen-bond acceptors (Lipinski definition) is 3. The Morgan fingerprint density at radius 2 is 2.15 bits per heavy atom. The van der Waals surface area contributed by atoms with Crippen LogP contribution in [-0.4, -0.2) is 28.6 Å². The Kier molecular flexibility index (Phi) is 4.57. The SMILES string of the molecule is CC(C)CN(c1nccc(C(=O)O)c1F)C1CCCC1. The lowest BCUT2D eigenvalue weighted by molar-refractivity contribution is 0.0691. The highest BCUT2D eigenvalue weighted by atomic mass is 19.1. The largest absolute Gasteiger partial charge is 0.478 e. The summed E-state index contributed by atoms with van der Waals surface area (Å²) in [5.74, 6) is -1.41. The van der Waals surface area contributed by atoms with Gasteiger partial charge in [0.15, 0.2) is 11.6 Å². The van der Waals surface area contributed by atoms with Crippen LogP contribution in [0.25, 0.3) is 0 Å². The van der Waals surface area contributed by atoms with E-state index in [0.717, 1.165) is 25.7 Å². The normalized spacial score (nSPS) is 15.8. The third-order valence-corrected chi connectivity index (χ3v) is 3.70. The van der Waals surface area contributed by atoms with E-state index in [1.165, 1.54) is 12.3 Å². The molecule has 0 radical (unpaired) electrons. The number of aromatic carboxylic acids is 1. The van der Waals surface area contributed by atoms with Crippen molar-refractivity contribution in [2.75, 3.05) is 11.4 Å². The summed E-state index contributed by atoms with van der Waals surface area (Å²) in [7, 11) is 0. The first kappa shape index (κ1) is 14.8. The Morgan fingerprint density at radius 1 is 1.50 bits per heavy atom. The maximum Gasteiger partial charge on any atom is 0.338 e. The second kappa shape index (κ2) is 6.20. The van der Waals surface area contributed by atoms with Crippen molar-refractivity contribution >= 4 is 11.8 Å². The predicted octanol–water partition coefficient (Wildman–Crippen LogP) is 3.32. The maximum absolute atomic E-state index is 14.4. The molecule has 0 saturated heterocycles. The fourth-order valence-corrected chi connectivity index (χ4v) is 2.82. The van der Waals surface area contributed by atoms with Gasteiger partial charge in [-0.3, -0.25) is 0 Å². The molecule has 0 unspecified atom stereocenters. The number of carbonyl (C=O) groups is 1. The summed E-state index contributed by atoms with van der Waals surface area (Å²) >= 11 is 0. The lowest BCUT2D eigenvalue weighted by Crippen LogP contribution is -2.37. The number of aromatic nitrogens is 1. The highest BCUT2D eigenvalue weighted by Crippen LogP contribution is 2.30. The Labute approximate surface area is 118 Å². The van der Waals surface area contributed by atoms with Crippen LogP contribution in [0.15, 0.2) is 12.3 Å². The highest BCUT2D eigenvalue weighted by Gasteiger charge is 2.28. The summed E-state index contributed by atoms with van der Waals surface area (Å²) < 4.78 is 14.4. The summed E-state index contributed by atoms with van der Waals surface area (Å²) in [5.41, 5.74) is -0.304. The number of nitrogens with zero attached hydrogens (tertiary/aromatic N) is 2. The van der Waals surface area contributed by atoms with Crippen molar-refractivity contribution in [2.45, 2.75) is 45.6 Å². The zero-order valence-corrected chi connectivity index (χ0v) is 12.0. The molecule has 4 nitrogen and oxygen atoms in total. The van der Waals surface area contributed by atoms with Crippen LogP contribution in [0.1, 0.15) is 49.9 Å². The van der Waals surface area contributed by atoms with E-state index < -0.39 is 11.8 Å². The average Bonchev–Trinajstić information content (AvgIpc) is 2.89. The van der Waals surface area contributed by atoms with Gasteiger partial charge in [-0.2, -0.15) is 0 Å². The summed E-state index contributed by atoms with van der Waals surface area (Å²) in [6.45, 7) is 4.83. The number of rotatable bonds is 5. The molecule has 1 heterocycles. The smallest absolute Gasteiger partial charge is 0.338 e. The van der Waals surface area contributed by atoms with Gasteiger partial charge in [-0.05, 0) is 24.8 Å². The van der Waals surface area contributed by atoms with E-state index >= 15 is 0 Å². The van der Waals surface area contributed by atoms with Crippen LogP contribution >= 0.6 is 0 Å². The molecule has 0 aliphatic heterocycles. The van der Waals surface area contributed by atoms with Crippen molar-refractivity contribution in [3.05, 3.63) is 23.6 Å². The standard InChI is InChI=1S/C15H21FN2O2/c1-10(2)9-18(11-5-3-4-6-11)14-13(16)12(15(19)20)7-8-17-14/h7-8,10-11H,3-6,9H2,1-2H3,(H,19,20). The van der Waals surface area contributed by atoms with Crippen LogP contribution in [0.4, 0.5) is 10.2 Å². The van der Waals surface area contributed by atoms with Gasteiger partial charge in [-0.15, -0.1) is 0 Å². The number of carboxylic acids is 1. The minimum absolute atomic E-state index is 0.186. The molecule has 1 saturated carbocycles. The fraction of sp³-hybridized carbons (Fsp3) is 0.600. The summed E-state index contributed by atoms with van der Waals surface area (Å²) in [5, 5.41) is 9.03. The summed E-state index contributed by atoms with van der Waals surface area (Å²) in [6.07, 6.45) is 5.69. The Morgan fingerprint density at radius 3 is 2.70 bits per heavy atom. The molecule has 1 aliphatic carbocycles. The molecule has 20 heavy (non-hydrogen) atoms. The summed E-state index contributed by atoms with van der Waals surface area (Å²) in [6, 6.07) is 1.48. The van der Waals surface area contributed by atoms with Crippen molar-refractivity contribution in [1.82, 2.24) is 4.98 Å². The Balaban J connectivity index is 2.37. The molecule has 0 atom stereocenters. The van der Waals surface area contributed by atoms with Crippen LogP contribution in [0, 0.1) is 11.7 Å². The van der Waals surface area contributed by atoms with E-state index in [1.807, 2.05) is 4.90 Å². The van der Waals surface area contributed by atoms with Gasteiger partial charge in [0.25, 0.3) is 0 Å². The minimum atomic E-state index is -1.25. The molecule has 5 heteroatoms. The molecule has 110 valence electrons. The number of halogens is 1. The van der Waals surface area contributed by atoms with Crippen molar-refractivity contribution < 1.29 is 14.3 Å². The monoisotopic (exact) mass is 280 g/mol. The lowest BCUT2D eigenvalue weighted by Gasteiger charge is -2.32. The molecule has 0 amide bonds. The molecular formula is C15H21FN2O2. The number of pyridine rings is 1. The number of hydrogen-bond donors (Lipinski definition) is 1. The summed E-state index contributed by atoms with van der Waals surface area (Å²) in [4.78, 5) is 17.1. The van der Waals surface area contributed by atoms with Crippen LogP contribution in [0.3, 0.4) is 0 Å². The van der Waals surface area contributed by atoms with Gasteiger partial charge in [0.05, 0.1) is 0 Å². The van der Waals surface area contributed by atoms with Gasteiger partial charge in [-0.25, -0.2) is 14.2 Å². The maximum atomic E-state index is 14.4. The van der Waals surface area contributed by atoms with E-state index in [9.17, 15) is 9.18 Å². The van der Waals surface area contributed by atoms with Crippen LogP contribution in [-0.2, 0) is 0 Å². The van der Waals surface area contributed by atoms with Crippen molar-refractivity contribution in [2.24, 2.45) is 5.92 Å². The Hall–Kier alpha value is -1.65. The molecule has 1 fully saturated rings. The molecule has 1 aliphatic rings. The van der Waals surface area contributed by atoms with Crippen molar-refractivity contribution in [1.29, 1.82) is 0 Å². The minimum Gasteiger partial charge on any atom is -0.478 e. The molecular weight excluding hydrogens is 259 g/mol. The van der Waals surface area contributed by atoms with Crippen molar-refractivity contribution in [3.63, 3.8) is 0 Å². The van der Waals surface area contributed by atoms with Crippen LogP contribution in [0.2, 0.25) is 0 Å². The quantitative estimate of drug-likeness (QED) is 0.899. The van der Waals surface area contributed by atoms with E-state index in [-0.39, 0.29) is 17.4 Å². The second-order valence-electron chi connectivity index (χ2n) is 5.79. The van der Waals surface area contributed by atoms with Crippen LogP contribution in [0.5, 0.6) is 0 Å². The zero-order chi connectivity index (χ0) is 14.7. The second-order valence-corrected chi connectivity index (χ2v) is 5.79. The molecule has 0 bridgehead atoms. The van der Waals surface area contributed by atoms with Gasteiger partial charge in [0.2, 0.25) is 0 Å². The van der Waals surface area contributed by atoms with E-state index in [4.69, 9.17) is 5.11 Å². The third-order valence-electron chi connectivity index (χ3n) is 3.70. The lowest BCUT2D eigenvalue weighted by atomic mass is 10.1. The predicted molar refractivity (Wildman–Crippen MR) is 75.6 cm³/mol. The van der Waals surface area contributed by atoms with Gasteiger partial charge >= 0.3 is 5.97 Å². The first-order chi connectivity index (χ1) is 9.50. The molecule has 2 rings (SSSR count). The number of carboxylic acid groups (broad SMARTS) is 1. The van der Waals surface area contributed by atoms with Gasteiger partial charge in [-0.1, -0.05) is 26.7 Å². The molecule has 1 aromatic rings. The van der Waals surface area contributed by atoms with Gasteiger partial charge < -0.3 is 10.0 Å². The topological polar surface area (TPSA) is 53.4 Å². The van der Waals surface area contributed by atoms with Gasteiger partial charge in [0, 0.05) is 18.8 Å². The van der Waals surface area contributed by atoms with Crippen molar-refractivity contribution in [3.8, 4) is 0 Å². The molecule has 1 aromatic heterocycles. The fourth-order valence-electron chi connectivity index (χ4n) is 2.82. The Bertz CT molecular complexity index is 485. The van der Waals surface area contributed by atoms with E-state index in [2.05, 4.69) is 18.8 Å². The van der Waals surface area contributed by atoms with Crippen LogP contribution < -0.4 is 4.90 Å².